The number of aliphatic hydroxyl groups is 1. The molecular formula is C23H28N2O6. The van der Waals surface area contributed by atoms with Gasteiger partial charge in [-0.25, -0.2) is 9.59 Å². The average molecular weight is 428 g/mol. The number of nitrogens with one attached hydrogen (secondary N) is 1. The van der Waals surface area contributed by atoms with Crippen LogP contribution in [0.1, 0.15) is 18.2 Å². The minimum absolute atomic E-state index is 0.472. The molecule has 3 aromatic rings. The molecule has 3 rings (SSSR count). The first kappa shape index (κ1) is 23.8. The second-order valence-electron chi connectivity index (χ2n) is 6.94. The van der Waals surface area contributed by atoms with Gasteiger partial charge in [-0.3, -0.25) is 0 Å². The molecule has 0 saturated heterocycles. The summed E-state index contributed by atoms with van der Waals surface area (Å²) in [5.74, 6) is -2.79. The van der Waals surface area contributed by atoms with Crippen molar-refractivity contribution in [3.05, 3.63) is 59.8 Å². The zero-order chi connectivity index (χ0) is 23.0. The normalized spacial score (nSPS) is 11.4. The van der Waals surface area contributed by atoms with E-state index in [2.05, 4.69) is 41.9 Å². The molecule has 0 bridgehead atoms. The number of hydrogen-bond donors (Lipinski definition) is 4. The zero-order valence-electron chi connectivity index (χ0n) is 17.8. The molecule has 1 atom stereocenters. The number of carboxylic acids is 2. The summed E-state index contributed by atoms with van der Waals surface area (Å²) in [7, 11) is 0. The van der Waals surface area contributed by atoms with Gasteiger partial charge in [0.15, 0.2) is 0 Å². The molecule has 0 amide bonds. The van der Waals surface area contributed by atoms with E-state index in [0.29, 0.717) is 19.7 Å². The molecule has 0 aliphatic rings. The Morgan fingerprint density at radius 1 is 1.03 bits per heavy atom. The summed E-state index contributed by atoms with van der Waals surface area (Å²) in [6.45, 7) is 7.95. The van der Waals surface area contributed by atoms with Crippen molar-refractivity contribution in [3.63, 3.8) is 0 Å². The first-order chi connectivity index (χ1) is 14.7. The lowest BCUT2D eigenvalue weighted by molar-refractivity contribution is -0.159. The van der Waals surface area contributed by atoms with Crippen LogP contribution >= 0.6 is 0 Å². The van der Waals surface area contributed by atoms with Crippen molar-refractivity contribution in [1.82, 2.24) is 4.57 Å². The van der Waals surface area contributed by atoms with Crippen LogP contribution in [0.5, 0.6) is 5.75 Å². The van der Waals surface area contributed by atoms with Crippen LogP contribution in [0.15, 0.2) is 48.5 Å². The summed E-state index contributed by atoms with van der Waals surface area (Å²) >= 11 is 0. The van der Waals surface area contributed by atoms with E-state index in [-0.39, 0.29) is 0 Å². The fourth-order valence-corrected chi connectivity index (χ4v) is 3.19. The molecule has 0 aliphatic heterocycles. The lowest BCUT2D eigenvalue weighted by Crippen LogP contribution is -2.25. The van der Waals surface area contributed by atoms with Crippen molar-refractivity contribution in [3.8, 4) is 5.75 Å². The number of nitrogens with zero attached hydrogens (tertiary/aromatic N) is 1. The van der Waals surface area contributed by atoms with Gasteiger partial charge in [0, 0.05) is 28.8 Å². The summed E-state index contributed by atoms with van der Waals surface area (Å²) in [5, 5.41) is 29.8. The lowest BCUT2D eigenvalue weighted by Gasteiger charge is -2.16. The third-order valence-corrected chi connectivity index (χ3v) is 4.83. The van der Waals surface area contributed by atoms with E-state index in [1.807, 2.05) is 37.3 Å². The standard InChI is InChI=1S/C21H26N2O2.C2H2O4/c1-4-25-19-11-9-17(10-12-19)22-13-18(24)14-23-16(3)15(2)20-7-5-6-8-21(20)23;3-1(4)2(5)6/h5-12,18,22,24H,4,13-14H2,1-3H3;(H,3,4)(H,5,6). The van der Waals surface area contributed by atoms with Gasteiger partial charge >= 0.3 is 11.9 Å². The molecule has 31 heavy (non-hydrogen) atoms. The number of ether oxygens (including phenoxy) is 1. The van der Waals surface area contributed by atoms with Crippen molar-refractivity contribution in [1.29, 1.82) is 0 Å². The Labute approximate surface area is 180 Å². The molecule has 0 fully saturated rings. The summed E-state index contributed by atoms with van der Waals surface area (Å²) in [6.07, 6.45) is -0.472. The second kappa shape index (κ2) is 11.0. The maximum atomic E-state index is 10.5. The zero-order valence-corrected chi connectivity index (χ0v) is 17.8. The minimum Gasteiger partial charge on any atom is -0.494 e. The van der Waals surface area contributed by atoms with Gasteiger partial charge in [0.2, 0.25) is 0 Å². The summed E-state index contributed by atoms with van der Waals surface area (Å²) in [4.78, 5) is 18.2. The number of fused-ring (bicyclic) bond motifs is 1. The van der Waals surface area contributed by atoms with Crippen molar-refractivity contribution in [2.45, 2.75) is 33.4 Å². The SMILES string of the molecule is CCOc1ccc(NCC(O)Cn2c(C)c(C)c3ccccc32)cc1.O=C(O)C(=O)O. The smallest absolute Gasteiger partial charge is 0.414 e. The van der Waals surface area contributed by atoms with E-state index in [9.17, 15) is 5.11 Å². The van der Waals surface area contributed by atoms with Crippen LogP contribution in [0.3, 0.4) is 0 Å². The molecule has 1 heterocycles. The third kappa shape index (κ3) is 6.48. The molecule has 0 aliphatic carbocycles. The van der Waals surface area contributed by atoms with Gasteiger partial charge in [0.25, 0.3) is 0 Å². The molecular weight excluding hydrogens is 400 g/mol. The Kier molecular flexibility index (Phi) is 8.45. The highest BCUT2D eigenvalue weighted by Crippen LogP contribution is 2.25. The van der Waals surface area contributed by atoms with Crippen LogP contribution in [0.25, 0.3) is 10.9 Å². The second-order valence-corrected chi connectivity index (χ2v) is 6.94. The number of rotatable bonds is 7. The molecule has 0 spiro atoms. The highest BCUT2D eigenvalue weighted by molar-refractivity contribution is 6.27. The number of benzene rings is 2. The highest BCUT2D eigenvalue weighted by atomic mass is 16.5. The largest absolute Gasteiger partial charge is 0.494 e. The molecule has 0 radical (unpaired) electrons. The van der Waals surface area contributed by atoms with E-state index in [1.54, 1.807) is 0 Å². The van der Waals surface area contributed by atoms with Crippen molar-refractivity contribution in [2.24, 2.45) is 0 Å². The molecule has 8 nitrogen and oxygen atoms in total. The Bertz CT molecular complexity index is 1010. The topological polar surface area (TPSA) is 121 Å². The average Bonchev–Trinajstić information content (AvgIpc) is 2.99. The van der Waals surface area contributed by atoms with E-state index in [1.165, 1.54) is 22.2 Å². The molecule has 4 N–H and O–H groups in total. The summed E-state index contributed by atoms with van der Waals surface area (Å²) < 4.78 is 7.64. The van der Waals surface area contributed by atoms with Crippen molar-refractivity contribution >= 4 is 28.5 Å². The number of hydrogen-bond acceptors (Lipinski definition) is 5. The number of aromatic nitrogens is 1. The van der Waals surface area contributed by atoms with Gasteiger partial charge in [0.1, 0.15) is 5.75 Å². The first-order valence-corrected chi connectivity index (χ1v) is 9.90. The third-order valence-electron chi connectivity index (χ3n) is 4.83. The summed E-state index contributed by atoms with van der Waals surface area (Å²) in [6, 6.07) is 16.2. The first-order valence-electron chi connectivity index (χ1n) is 9.90. The predicted molar refractivity (Wildman–Crippen MR) is 119 cm³/mol. The van der Waals surface area contributed by atoms with Crippen molar-refractivity contribution in [2.75, 3.05) is 18.5 Å². The summed E-state index contributed by atoms with van der Waals surface area (Å²) in [5.41, 5.74) is 4.65. The minimum atomic E-state index is -1.82. The Balaban J connectivity index is 0.000000501. The molecule has 0 saturated carbocycles. The van der Waals surface area contributed by atoms with E-state index < -0.39 is 18.0 Å². The van der Waals surface area contributed by atoms with Gasteiger partial charge in [-0.1, -0.05) is 18.2 Å². The van der Waals surface area contributed by atoms with Gasteiger partial charge in [-0.2, -0.15) is 0 Å². The maximum absolute atomic E-state index is 10.5. The van der Waals surface area contributed by atoms with Gasteiger partial charge < -0.3 is 29.9 Å². The number of aliphatic carboxylic acids is 2. The number of carboxylic acid groups (broad SMARTS) is 2. The predicted octanol–water partition coefficient (Wildman–Crippen LogP) is 3.29. The van der Waals surface area contributed by atoms with Crippen LogP contribution in [-0.4, -0.2) is 51.1 Å². The molecule has 8 heteroatoms. The van der Waals surface area contributed by atoms with E-state index >= 15 is 0 Å². The van der Waals surface area contributed by atoms with Gasteiger partial charge in [-0.15, -0.1) is 0 Å². The van der Waals surface area contributed by atoms with E-state index in [0.717, 1.165) is 11.4 Å². The van der Waals surface area contributed by atoms with Crippen LogP contribution in [-0.2, 0) is 16.1 Å². The van der Waals surface area contributed by atoms with Crippen LogP contribution in [0, 0.1) is 13.8 Å². The Morgan fingerprint density at radius 2 is 1.65 bits per heavy atom. The van der Waals surface area contributed by atoms with Crippen molar-refractivity contribution < 1.29 is 29.6 Å². The van der Waals surface area contributed by atoms with Gasteiger partial charge in [0.05, 0.1) is 19.3 Å². The fraction of sp³-hybridized carbons (Fsp3) is 0.304. The molecule has 1 aromatic heterocycles. The van der Waals surface area contributed by atoms with Gasteiger partial charge in [-0.05, 0) is 56.7 Å². The Morgan fingerprint density at radius 3 is 2.23 bits per heavy atom. The number of anilines is 1. The van der Waals surface area contributed by atoms with Crippen LogP contribution in [0.4, 0.5) is 5.69 Å². The molecule has 2 aromatic carbocycles. The quantitative estimate of drug-likeness (QED) is 0.426. The maximum Gasteiger partial charge on any atom is 0.414 e. The number of aryl methyl sites for hydroxylation is 1. The number of aliphatic hydroxyl groups excluding tert-OH is 1. The van der Waals surface area contributed by atoms with E-state index in [4.69, 9.17) is 24.5 Å². The molecule has 1 unspecified atom stereocenters. The highest BCUT2D eigenvalue weighted by Gasteiger charge is 2.13. The monoisotopic (exact) mass is 428 g/mol. The Hall–Kier alpha value is -3.52. The molecule has 166 valence electrons. The van der Waals surface area contributed by atoms with Crippen LogP contribution in [0.2, 0.25) is 0 Å². The fourth-order valence-electron chi connectivity index (χ4n) is 3.19. The van der Waals surface area contributed by atoms with Crippen LogP contribution < -0.4 is 10.1 Å². The number of carbonyl (C=O) groups is 2. The number of para-hydroxylation sites is 1. The lowest BCUT2D eigenvalue weighted by atomic mass is 10.2.